The molecular weight excluding hydrogens is 500 g/mol. The number of aromatic nitrogens is 2. The van der Waals surface area contributed by atoms with Gasteiger partial charge in [0.05, 0.1) is 27.3 Å². The minimum atomic E-state index is -3.60. The average molecular weight is 525 g/mol. The van der Waals surface area contributed by atoms with Gasteiger partial charge in [-0.25, -0.2) is 23.2 Å². The monoisotopic (exact) mass is 524 g/mol. The van der Waals surface area contributed by atoms with Crippen molar-refractivity contribution in [1.82, 2.24) is 9.97 Å². The number of carbonyl (C=O) groups is 2. The van der Waals surface area contributed by atoms with Crippen molar-refractivity contribution in [2.24, 2.45) is 0 Å². The number of carbonyl (C=O) groups excluding carboxylic acids is 2. The zero-order valence-corrected chi connectivity index (χ0v) is 21.7. The van der Waals surface area contributed by atoms with E-state index >= 15 is 0 Å². The van der Waals surface area contributed by atoms with Crippen LogP contribution in [0.1, 0.15) is 31.1 Å². The maximum Gasteiger partial charge on any atom is 0.412 e. The smallest absolute Gasteiger partial charge is 0.412 e. The number of anilines is 2. The van der Waals surface area contributed by atoms with Crippen LogP contribution in [0.5, 0.6) is 0 Å². The van der Waals surface area contributed by atoms with Crippen LogP contribution < -0.4 is 10.6 Å². The SMILES string of the molecule is CC(C)(C)OC(=O)Nc1ccccc1NC(=O)c1ccc(-c2nc(S(C)(=O)=O)nc3ccsc23)cc1. The van der Waals surface area contributed by atoms with E-state index in [4.69, 9.17) is 4.74 Å². The number of sulfone groups is 1. The first-order chi connectivity index (χ1) is 16.9. The zero-order chi connectivity index (χ0) is 26.1. The number of thiophene rings is 1. The van der Waals surface area contributed by atoms with Gasteiger partial charge in [-0.05, 0) is 56.5 Å². The molecule has 0 saturated carbocycles. The van der Waals surface area contributed by atoms with E-state index in [0.717, 1.165) is 11.0 Å². The summed E-state index contributed by atoms with van der Waals surface area (Å²) in [6, 6.07) is 15.2. The van der Waals surface area contributed by atoms with E-state index in [1.54, 1.807) is 75.4 Å². The molecule has 0 atom stereocenters. The predicted molar refractivity (Wildman–Crippen MR) is 140 cm³/mol. The molecule has 0 fully saturated rings. The van der Waals surface area contributed by atoms with Gasteiger partial charge in [-0.1, -0.05) is 24.3 Å². The number of hydrogen-bond donors (Lipinski definition) is 2. The number of amides is 2. The molecule has 0 aliphatic heterocycles. The van der Waals surface area contributed by atoms with Gasteiger partial charge in [-0.3, -0.25) is 10.1 Å². The maximum absolute atomic E-state index is 12.9. The molecule has 4 rings (SSSR count). The van der Waals surface area contributed by atoms with Gasteiger partial charge in [-0.2, -0.15) is 0 Å². The van der Waals surface area contributed by atoms with E-state index in [0.29, 0.717) is 33.7 Å². The zero-order valence-electron chi connectivity index (χ0n) is 20.0. The molecule has 0 aliphatic carbocycles. The molecule has 4 aromatic rings. The lowest BCUT2D eigenvalue weighted by Crippen LogP contribution is -2.27. The van der Waals surface area contributed by atoms with Crippen LogP contribution in [-0.2, 0) is 14.6 Å². The largest absolute Gasteiger partial charge is 0.444 e. The molecule has 11 heteroatoms. The van der Waals surface area contributed by atoms with Gasteiger partial charge >= 0.3 is 6.09 Å². The lowest BCUT2D eigenvalue weighted by molar-refractivity contribution is 0.0635. The van der Waals surface area contributed by atoms with Gasteiger partial charge in [-0.15, -0.1) is 11.3 Å². The second kappa shape index (κ2) is 9.67. The number of fused-ring (bicyclic) bond motifs is 1. The third-order valence-corrected chi connectivity index (χ3v) is 6.60. The van der Waals surface area contributed by atoms with Crippen LogP contribution in [0.4, 0.5) is 16.2 Å². The third kappa shape index (κ3) is 5.86. The van der Waals surface area contributed by atoms with E-state index in [9.17, 15) is 18.0 Å². The Bertz CT molecular complexity index is 1560. The molecule has 2 aromatic carbocycles. The van der Waals surface area contributed by atoms with Crippen molar-refractivity contribution in [3.05, 3.63) is 65.5 Å². The maximum atomic E-state index is 12.9. The van der Waals surface area contributed by atoms with Crippen LogP contribution >= 0.6 is 11.3 Å². The first-order valence-electron chi connectivity index (χ1n) is 10.9. The van der Waals surface area contributed by atoms with Crippen molar-refractivity contribution in [1.29, 1.82) is 0 Å². The summed E-state index contributed by atoms with van der Waals surface area (Å²) >= 11 is 1.41. The van der Waals surface area contributed by atoms with Crippen molar-refractivity contribution in [2.45, 2.75) is 31.5 Å². The molecule has 0 aliphatic rings. The third-order valence-electron chi connectivity index (χ3n) is 4.85. The number of ether oxygens (including phenoxy) is 1. The molecular formula is C25H24N4O5S2. The van der Waals surface area contributed by atoms with E-state index < -0.39 is 21.5 Å². The Hall–Kier alpha value is -3.83. The summed E-state index contributed by atoms with van der Waals surface area (Å²) in [4.78, 5) is 33.5. The van der Waals surface area contributed by atoms with Crippen LogP contribution in [0.2, 0.25) is 0 Å². The van der Waals surface area contributed by atoms with Gasteiger partial charge < -0.3 is 10.1 Å². The van der Waals surface area contributed by atoms with Gasteiger partial charge in [0.25, 0.3) is 5.91 Å². The van der Waals surface area contributed by atoms with Crippen LogP contribution in [0.25, 0.3) is 21.5 Å². The number of benzene rings is 2. The summed E-state index contributed by atoms with van der Waals surface area (Å²) in [6.07, 6.45) is 0.430. The Morgan fingerprint density at radius 2 is 1.56 bits per heavy atom. The first kappa shape index (κ1) is 25.3. The van der Waals surface area contributed by atoms with Crippen molar-refractivity contribution < 1.29 is 22.7 Å². The van der Waals surface area contributed by atoms with E-state index in [1.807, 2.05) is 5.38 Å². The average Bonchev–Trinajstić information content (AvgIpc) is 3.27. The van der Waals surface area contributed by atoms with E-state index in [-0.39, 0.29) is 11.1 Å². The second-order valence-corrected chi connectivity index (χ2v) is 11.8. The van der Waals surface area contributed by atoms with Crippen molar-refractivity contribution in [3.63, 3.8) is 0 Å². The van der Waals surface area contributed by atoms with Gasteiger partial charge in [0.1, 0.15) is 5.60 Å². The van der Waals surface area contributed by atoms with Gasteiger partial charge in [0.2, 0.25) is 15.0 Å². The summed E-state index contributed by atoms with van der Waals surface area (Å²) in [5.41, 5.74) is 2.18. The van der Waals surface area contributed by atoms with Gasteiger partial charge in [0.15, 0.2) is 0 Å². The van der Waals surface area contributed by atoms with E-state index in [1.165, 1.54) is 11.3 Å². The fraction of sp³-hybridized carbons (Fsp3) is 0.200. The lowest BCUT2D eigenvalue weighted by atomic mass is 10.1. The van der Waals surface area contributed by atoms with Gasteiger partial charge in [0, 0.05) is 17.4 Å². The van der Waals surface area contributed by atoms with Crippen LogP contribution in [0.3, 0.4) is 0 Å². The summed E-state index contributed by atoms with van der Waals surface area (Å²) in [5, 5.41) is 7.01. The fourth-order valence-electron chi connectivity index (χ4n) is 3.29. The summed E-state index contributed by atoms with van der Waals surface area (Å²) in [5.74, 6) is -0.388. The summed E-state index contributed by atoms with van der Waals surface area (Å²) in [7, 11) is -3.60. The molecule has 2 N–H and O–H groups in total. The quantitative estimate of drug-likeness (QED) is 0.336. The molecule has 0 radical (unpaired) electrons. The standard InChI is InChI=1S/C25H24N4O5S2/c1-25(2,3)34-24(31)28-18-8-6-5-7-17(18)26-22(30)16-11-9-15(10-12-16)20-21-19(13-14-35-21)27-23(29-20)36(4,32)33/h5-14H,1-4H3,(H,26,30)(H,28,31). The number of nitrogens with one attached hydrogen (secondary N) is 2. The molecule has 0 bridgehead atoms. The number of rotatable bonds is 5. The minimum Gasteiger partial charge on any atom is -0.444 e. The highest BCUT2D eigenvalue weighted by Crippen LogP contribution is 2.31. The Balaban J connectivity index is 1.57. The first-order valence-corrected chi connectivity index (χ1v) is 13.6. The molecule has 9 nitrogen and oxygen atoms in total. The summed E-state index contributed by atoms with van der Waals surface area (Å²) < 4.78 is 30.1. The number of nitrogens with zero attached hydrogens (tertiary/aromatic N) is 2. The predicted octanol–water partition coefficient (Wildman–Crippen LogP) is 5.36. The Morgan fingerprint density at radius 3 is 2.17 bits per heavy atom. The normalized spacial score (nSPS) is 11.8. The molecule has 0 saturated heterocycles. The van der Waals surface area contributed by atoms with Crippen LogP contribution in [0, 0.1) is 0 Å². The molecule has 36 heavy (non-hydrogen) atoms. The summed E-state index contributed by atoms with van der Waals surface area (Å²) in [6.45, 7) is 5.28. The Labute approximate surface area is 212 Å². The molecule has 2 amide bonds. The number of para-hydroxylation sites is 2. The second-order valence-electron chi connectivity index (χ2n) is 8.97. The Kier molecular flexibility index (Phi) is 6.79. The molecule has 2 aromatic heterocycles. The van der Waals surface area contributed by atoms with E-state index in [2.05, 4.69) is 20.6 Å². The highest BCUT2D eigenvalue weighted by atomic mass is 32.2. The van der Waals surface area contributed by atoms with Crippen molar-refractivity contribution in [3.8, 4) is 11.3 Å². The fourth-order valence-corrected chi connectivity index (χ4v) is 4.66. The highest BCUT2D eigenvalue weighted by molar-refractivity contribution is 7.90. The minimum absolute atomic E-state index is 0.251. The molecule has 186 valence electrons. The molecule has 0 unspecified atom stereocenters. The Morgan fingerprint density at radius 1 is 0.917 bits per heavy atom. The van der Waals surface area contributed by atoms with Crippen LogP contribution in [-0.4, -0.2) is 42.2 Å². The highest BCUT2D eigenvalue weighted by Gasteiger charge is 2.19. The molecule has 0 spiro atoms. The van der Waals surface area contributed by atoms with Crippen molar-refractivity contribution >= 4 is 54.8 Å². The number of hydrogen-bond acceptors (Lipinski definition) is 8. The lowest BCUT2D eigenvalue weighted by Gasteiger charge is -2.20. The van der Waals surface area contributed by atoms with Crippen molar-refractivity contribution in [2.75, 3.05) is 16.9 Å². The van der Waals surface area contributed by atoms with Crippen LogP contribution in [0.15, 0.2) is 65.1 Å². The topological polar surface area (TPSA) is 127 Å². The molecule has 2 heterocycles.